The van der Waals surface area contributed by atoms with E-state index in [-0.39, 0.29) is 15.5 Å². The molecule has 0 unspecified atom stereocenters. The van der Waals surface area contributed by atoms with Crippen molar-refractivity contribution in [3.63, 3.8) is 0 Å². The maximum Gasteiger partial charge on any atom is 0.555 e. The summed E-state index contributed by atoms with van der Waals surface area (Å²) in [4.78, 5) is 21.2. The zero-order valence-electron chi connectivity index (χ0n) is 17.0. The summed E-state index contributed by atoms with van der Waals surface area (Å²) in [5.41, 5.74) is 0. The fraction of sp³-hybridized carbons (Fsp3) is 0. The van der Waals surface area contributed by atoms with Gasteiger partial charge in [0.25, 0.3) is 0 Å². The average Bonchev–Trinajstić information content (AvgIpc) is 2.85. The largest absolute Gasteiger partial charge is 0.555 e. The van der Waals surface area contributed by atoms with Gasteiger partial charge in [-0.05, 0) is 84.9 Å². The maximum atomic E-state index is 12.9. The van der Waals surface area contributed by atoms with Crippen molar-refractivity contribution in [3.8, 4) is 23.0 Å². The van der Waals surface area contributed by atoms with Crippen LogP contribution in [0.5, 0.6) is 23.0 Å². The van der Waals surface area contributed by atoms with Crippen LogP contribution in [0.25, 0.3) is 0 Å². The number of sulfone groups is 1. The van der Waals surface area contributed by atoms with Crippen LogP contribution in [0.2, 0.25) is 0 Å². The van der Waals surface area contributed by atoms with Crippen molar-refractivity contribution in [1.29, 1.82) is 0 Å². The van der Waals surface area contributed by atoms with Gasteiger partial charge in [0, 0.05) is 0 Å². The van der Waals surface area contributed by atoms with Crippen molar-refractivity contribution in [3.05, 3.63) is 109 Å². The lowest BCUT2D eigenvalue weighted by Crippen LogP contribution is -2.13. The maximum absolute atomic E-state index is 12.9. The zero-order chi connectivity index (χ0) is 23.1. The van der Waals surface area contributed by atoms with Crippen molar-refractivity contribution in [2.75, 3.05) is 0 Å². The molecular formula is C25H16O7S. The Balaban J connectivity index is 1.38. The van der Waals surface area contributed by atoms with Crippen LogP contribution < -0.4 is 14.4 Å². The summed E-state index contributed by atoms with van der Waals surface area (Å²) in [6.45, 7) is 0. The van der Waals surface area contributed by atoms with Crippen LogP contribution in [0.15, 0.2) is 107 Å². The van der Waals surface area contributed by atoms with E-state index in [4.69, 9.17) is 14.4 Å². The third kappa shape index (κ3) is 5.69. The minimum Gasteiger partial charge on any atom is -0.457 e. The molecule has 0 aliphatic heterocycles. The molecule has 0 saturated heterocycles. The van der Waals surface area contributed by atoms with Crippen molar-refractivity contribution < 1.29 is 32.5 Å². The van der Waals surface area contributed by atoms with Gasteiger partial charge in [0.2, 0.25) is 9.84 Å². The summed E-state index contributed by atoms with van der Waals surface area (Å²) in [7, 11) is -3.78. The molecule has 0 N–H and O–H groups in total. The molecule has 4 aromatic carbocycles. The van der Waals surface area contributed by atoms with E-state index in [0.29, 0.717) is 17.2 Å². The summed E-state index contributed by atoms with van der Waals surface area (Å²) in [6.07, 6.45) is -1.11. The molecule has 0 aromatic heterocycles. The van der Waals surface area contributed by atoms with Gasteiger partial charge >= 0.3 is 6.16 Å². The topological polar surface area (TPSA) is 88.1 Å². The summed E-state index contributed by atoms with van der Waals surface area (Å²) in [6, 6.07) is 30.3. The summed E-state index contributed by atoms with van der Waals surface area (Å²) in [5.74, 6) is 1.50. The van der Waals surface area contributed by atoms with Crippen LogP contribution in [0.4, 0.5) is 4.79 Å². The summed E-state index contributed by atoms with van der Waals surface area (Å²) < 4.78 is 36.4. The molecule has 7 nitrogen and oxygen atoms in total. The molecular weight excluding hydrogens is 444 g/mol. The minimum absolute atomic E-state index is 0.0345. The van der Waals surface area contributed by atoms with Gasteiger partial charge in [-0.3, -0.25) is 4.89 Å². The fourth-order valence-electron chi connectivity index (χ4n) is 2.71. The molecule has 0 bridgehead atoms. The lowest BCUT2D eigenvalue weighted by atomic mass is 10.3. The molecule has 0 heterocycles. The smallest absolute Gasteiger partial charge is 0.457 e. The van der Waals surface area contributed by atoms with Gasteiger partial charge in [-0.25, -0.2) is 13.3 Å². The van der Waals surface area contributed by atoms with Crippen molar-refractivity contribution in [2.24, 2.45) is 0 Å². The summed E-state index contributed by atoms with van der Waals surface area (Å²) in [5, 5.41) is 0. The Morgan fingerprint density at radius 3 is 1.61 bits per heavy atom. The second-order valence-corrected chi connectivity index (χ2v) is 8.49. The van der Waals surface area contributed by atoms with Crippen LogP contribution in [0.3, 0.4) is 0 Å². The van der Waals surface area contributed by atoms with Crippen LogP contribution in [0, 0.1) is 12.1 Å². The van der Waals surface area contributed by atoms with Crippen molar-refractivity contribution >= 4 is 16.0 Å². The first-order chi connectivity index (χ1) is 16.0. The molecule has 0 amide bonds. The van der Waals surface area contributed by atoms with E-state index in [1.807, 2.05) is 0 Å². The first-order valence-electron chi connectivity index (χ1n) is 9.62. The van der Waals surface area contributed by atoms with Crippen LogP contribution in [-0.4, -0.2) is 14.6 Å². The molecule has 4 aromatic rings. The van der Waals surface area contributed by atoms with Gasteiger partial charge < -0.3 is 9.47 Å². The molecule has 0 spiro atoms. The molecule has 164 valence electrons. The van der Waals surface area contributed by atoms with Gasteiger partial charge in [-0.15, -0.1) is 0 Å². The third-order valence-electron chi connectivity index (χ3n) is 4.29. The Hall–Kier alpha value is -4.30. The number of ether oxygens (including phenoxy) is 2. The van der Waals surface area contributed by atoms with E-state index >= 15 is 0 Å². The quantitative estimate of drug-likeness (QED) is 0.157. The van der Waals surface area contributed by atoms with E-state index in [2.05, 4.69) is 17.0 Å². The summed E-state index contributed by atoms with van der Waals surface area (Å²) >= 11 is 0. The molecule has 0 atom stereocenters. The lowest BCUT2D eigenvalue weighted by Gasteiger charge is -2.09. The molecule has 0 aliphatic carbocycles. The molecule has 2 radical (unpaired) electrons. The molecule has 0 saturated carbocycles. The highest BCUT2D eigenvalue weighted by molar-refractivity contribution is 7.91. The number of hydrogen-bond donors (Lipinski definition) is 0. The van der Waals surface area contributed by atoms with E-state index in [1.54, 1.807) is 60.7 Å². The Morgan fingerprint density at radius 1 is 0.606 bits per heavy atom. The first-order valence-corrected chi connectivity index (χ1v) is 11.1. The Kier molecular flexibility index (Phi) is 6.56. The SMILES string of the molecule is O=C(OOc1cc[c]cc1)Oc1ccc(S(=O)(=O)c2ccc(Oc3cc[c]cc3)cc2)cc1. The van der Waals surface area contributed by atoms with Crippen LogP contribution in [0.1, 0.15) is 0 Å². The predicted octanol–water partition coefficient (Wildman–Crippen LogP) is 5.42. The Labute approximate surface area is 190 Å². The molecule has 0 fully saturated rings. The van der Waals surface area contributed by atoms with Gasteiger partial charge in [0.05, 0.1) is 9.79 Å². The number of carbonyl (C=O) groups excluding carboxylic acids is 1. The number of rotatable bonds is 7. The lowest BCUT2D eigenvalue weighted by molar-refractivity contribution is -0.157. The van der Waals surface area contributed by atoms with Crippen LogP contribution in [-0.2, 0) is 14.7 Å². The monoisotopic (exact) mass is 460 g/mol. The highest BCUT2D eigenvalue weighted by Crippen LogP contribution is 2.27. The molecule has 33 heavy (non-hydrogen) atoms. The van der Waals surface area contributed by atoms with Crippen molar-refractivity contribution in [2.45, 2.75) is 9.79 Å². The van der Waals surface area contributed by atoms with E-state index in [1.165, 1.54) is 36.4 Å². The molecule has 0 aliphatic rings. The van der Waals surface area contributed by atoms with E-state index < -0.39 is 16.0 Å². The van der Waals surface area contributed by atoms with Gasteiger partial charge in [-0.2, -0.15) is 4.79 Å². The number of hydrogen-bond acceptors (Lipinski definition) is 7. The first kappa shape index (κ1) is 21.9. The van der Waals surface area contributed by atoms with Gasteiger partial charge in [-0.1, -0.05) is 24.3 Å². The minimum atomic E-state index is -3.78. The van der Waals surface area contributed by atoms with Crippen LogP contribution >= 0.6 is 0 Å². The number of carbonyl (C=O) groups is 1. The second kappa shape index (κ2) is 9.88. The van der Waals surface area contributed by atoms with Gasteiger partial charge in [0.15, 0.2) is 5.75 Å². The highest BCUT2D eigenvalue weighted by atomic mass is 32.2. The molecule has 4 rings (SSSR count). The highest BCUT2D eigenvalue weighted by Gasteiger charge is 2.18. The fourth-order valence-corrected chi connectivity index (χ4v) is 3.97. The predicted molar refractivity (Wildman–Crippen MR) is 117 cm³/mol. The Morgan fingerprint density at radius 2 is 1.06 bits per heavy atom. The van der Waals surface area contributed by atoms with Crippen molar-refractivity contribution in [1.82, 2.24) is 0 Å². The van der Waals surface area contributed by atoms with Gasteiger partial charge in [0.1, 0.15) is 17.2 Å². The Bertz CT molecular complexity index is 1300. The number of benzene rings is 4. The normalized spacial score (nSPS) is 10.8. The zero-order valence-corrected chi connectivity index (χ0v) is 17.8. The average molecular weight is 460 g/mol. The van der Waals surface area contributed by atoms with E-state index in [0.717, 1.165) is 0 Å². The van der Waals surface area contributed by atoms with E-state index in [9.17, 15) is 13.2 Å². The third-order valence-corrected chi connectivity index (χ3v) is 6.07. The molecule has 8 heteroatoms. The standard InChI is InChI=1S/C25H16O7S/c26-25(32-31-22-9-5-2-6-10-22)30-21-13-17-24(18-14-21)33(27,28)23-15-11-20(12-16-23)29-19-7-3-1-4-8-19/h3-18H. The second-order valence-electron chi connectivity index (χ2n) is 6.54.